The first-order valence-corrected chi connectivity index (χ1v) is 9.38. The van der Waals surface area contributed by atoms with Gasteiger partial charge in [-0.3, -0.25) is 4.79 Å². The highest BCUT2D eigenvalue weighted by Gasteiger charge is 2.29. The van der Waals surface area contributed by atoms with E-state index in [0.29, 0.717) is 31.5 Å². The lowest BCUT2D eigenvalue weighted by Gasteiger charge is -2.31. The lowest BCUT2D eigenvalue weighted by molar-refractivity contribution is 0.0728. The molecule has 5 heteroatoms. The first kappa shape index (κ1) is 15.0. The molecule has 1 aliphatic rings. The van der Waals surface area contributed by atoms with Crippen LogP contribution in [-0.2, 0) is 9.84 Å². The monoisotopic (exact) mass is 317 g/mol. The zero-order valence-corrected chi connectivity index (χ0v) is 13.3. The summed E-state index contributed by atoms with van der Waals surface area (Å²) in [7, 11) is -3.01. The Morgan fingerprint density at radius 1 is 1.05 bits per heavy atom. The number of fused-ring (bicyclic) bond motifs is 1. The standard InChI is InChI=1S/C17H19NO3S/c1-22(20,21)14-9-11-18(12-10-14)17(19)16-8-4-6-13-5-2-3-7-15(13)16/h2-8,14H,9-12H2,1H3. The predicted molar refractivity (Wildman–Crippen MR) is 87.7 cm³/mol. The number of likely N-dealkylation sites (tertiary alicyclic amines) is 1. The SMILES string of the molecule is CS(=O)(=O)C1CCN(C(=O)c2cccc3ccccc23)CC1. The van der Waals surface area contributed by atoms with Crippen molar-refractivity contribution >= 4 is 26.5 Å². The molecule has 3 rings (SSSR count). The highest BCUT2D eigenvalue weighted by atomic mass is 32.2. The van der Waals surface area contributed by atoms with E-state index < -0.39 is 9.84 Å². The molecule has 0 radical (unpaired) electrons. The summed E-state index contributed by atoms with van der Waals surface area (Å²) in [6.45, 7) is 1.000. The van der Waals surface area contributed by atoms with Gasteiger partial charge in [-0.15, -0.1) is 0 Å². The molecule has 0 aliphatic carbocycles. The minimum atomic E-state index is -3.01. The van der Waals surface area contributed by atoms with Gasteiger partial charge in [0.15, 0.2) is 0 Å². The summed E-state index contributed by atoms with van der Waals surface area (Å²) in [6, 6.07) is 13.5. The Hall–Kier alpha value is -1.88. The number of benzene rings is 2. The fourth-order valence-electron chi connectivity index (χ4n) is 3.07. The minimum Gasteiger partial charge on any atom is -0.339 e. The van der Waals surface area contributed by atoms with E-state index in [1.54, 1.807) is 4.90 Å². The Kier molecular flexibility index (Phi) is 3.91. The van der Waals surface area contributed by atoms with Crippen molar-refractivity contribution in [1.29, 1.82) is 0 Å². The third kappa shape index (κ3) is 2.86. The summed E-state index contributed by atoms with van der Waals surface area (Å²) in [5, 5.41) is 1.67. The largest absolute Gasteiger partial charge is 0.339 e. The van der Waals surface area contributed by atoms with Crippen molar-refractivity contribution in [2.24, 2.45) is 0 Å². The van der Waals surface area contributed by atoms with Crippen molar-refractivity contribution < 1.29 is 13.2 Å². The fourth-order valence-corrected chi connectivity index (χ4v) is 4.14. The van der Waals surface area contributed by atoms with Crippen LogP contribution >= 0.6 is 0 Å². The molecular weight excluding hydrogens is 298 g/mol. The van der Waals surface area contributed by atoms with E-state index in [2.05, 4.69) is 0 Å². The van der Waals surface area contributed by atoms with Crippen molar-refractivity contribution in [2.45, 2.75) is 18.1 Å². The lowest BCUT2D eigenvalue weighted by Crippen LogP contribution is -2.42. The smallest absolute Gasteiger partial charge is 0.254 e. The Morgan fingerprint density at radius 2 is 1.68 bits per heavy atom. The van der Waals surface area contributed by atoms with Crippen LogP contribution in [0, 0.1) is 0 Å². The topological polar surface area (TPSA) is 54.5 Å². The number of hydrogen-bond acceptors (Lipinski definition) is 3. The second kappa shape index (κ2) is 5.72. The molecule has 0 spiro atoms. The van der Waals surface area contributed by atoms with Crippen LogP contribution in [0.2, 0.25) is 0 Å². The van der Waals surface area contributed by atoms with Gasteiger partial charge in [0.1, 0.15) is 9.84 Å². The fraction of sp³-hybridized carbons (Fsp3) is 0.353. The van der Waals surface area contributed by atoms with Crippen molar-refractivity contribution in [3.8, 4) is 0 Å². The molecule has 1 fully saturated rings. The number of carbonyl (C=O) groups is 1. The Morgan fingerprint density at radius 3 is 2.36 bits per heavy atom. The molecular formula is C17H19NO3S. The molecule has 0 N–H and O–H groups in total. The molecule has 0 aromatic heterocycles. The van der Waals surface area contributed by atoms with Crippen LogP contribution in [0.1, 0.15) is 23.2 Å². The van der Waals surface area contributed by atoms with Crippen LogP contribution in [0.25, 0.3) is 10.8 Å². The molecule has 1 amide bonds. The van der Waals surface area contributed by atoms with Crippen LogP contribution in [0.5, 0.6) is 0 Å². The molecule has 1 aliphatic heterocycles. The zero-order chi connectivity index (χ0) is 15.7. The Labute approximate surface area is 130 Å². The third-order valence-corrected chi connectivity index (χ3v) is 6.04. The molecule has 22 heavy (non-hydrogen) atoms. The maximum absolute atomic E-state index is 12.7. The molecule has 2 aromatic rings. The highest BCUT2D eigenvalue weighted by Crippen LogP contribution is 2.23. The van der Waals surface area contributed by atoms with Gasteiger partial charge in [-0.2, -0.15) is 0 Å². The van der Waals surface area contributed by atoms with Crippen molar-refractivity contribution in [2.75, 3.05) is 19.3 Å². The number of carbonyl (C=O) groups excluding carboxylic acids is 1. The Bertz CT molecular complexity index is 800. The van der Waals surface area contributed by atoms with Gasteiger partial charge in [0.2, 0.25) is 0 Å². The van der Waals surface area contributed by atoms with E-state index >= 15 is 0 Å². The quantitative estimate of drug-likeness (QED) is 0.855. The van der Waals surface area contributed by atoms with E-state index in [9.17, 15) is 13.2 Å². The first-order valence-electron chi connectivity index (χ1n) is 7.43. The molecule has 0 unspecified atom stereocenters. The van der Waals surface area contributed by atoms with Gasteiger partial charge in [0.25, 0.3) is 5.91 Å². The summed E-state index contributed by atoms with van der Waals surface area (Å²) in [6.07, 6.45) is 2.32. The van der Waals surface area contributed by atoms with Crippen molar-refractivity contribution in [3.05, 3.63) is 48.0 Å². The van der Waals surface area contributed by atoms with Crippen molar-refractivity contribution in [3.63, 3.8) is 0 Å². The second-order valence-corrected chi connectivity index (χ2v) is 8.17. The molecule has 4 nitrogen and oxygen atoms in total. The van der Waals surface area contributed by atoms with Crippen LogP contribution in [0.3, 0.4) is 0 Å². The number of amides is 1. The van der Waals surface area contributed by atoms with E-state index in [1.807, 2.05) is 42.5 Å². The van der Waals surface area contributed by atoms with Crippen LogP contribution in [-0.4, -0.2) is 43.8 Å². The number of hydrogen-bond donors (Lipinski definition) is 0. The molecule has 0 atom stereocenters. The normalized spacial score (nSPS) is 16.9. The highest BCUT2D eigenvalue weighted by molar-refractivity contribution is 7.91. The van der Waals surface area contributed by atoms with E-state index in [0.717, 1.165) is 10.8 Å². The lowest BCUT2D eigenvalue weighted by atomic mass is 10.0. The van der Waals surface area contributed by atoms with Gasteiger partial charge in [0, 0.05) is 24.9 Å². The number of nitrogens with zero attached hydrogens (tertiary/aromatic N) is 1. The van der Waals surface area contributed by atoms with Crippen LogP contribution in [0.15, 0.2) is 42.5 Å². The summed E-state index contributed by atoms with van der Waals surface area (Å²) in [5.74, 6) is -0.0104. The van der Waals surface area contributed by atoms with Gasteiger partial charge in [0.05, 0.1) is 5.25 Å². The molecule has 116 valence electrons. The van der Waals surface area contributed by atoms with Gasteiger partial charge in [-0.05, 0) is 29.7 Å². The average Bonchev–Trinajstić information content (AvgIpc) is 2.53. The average molecular weight is 317 g/mol. The van der Waals surface area contributed by atoms with Gasteiger partial charge < -0.3 is 4.90 Å². The number of rotatable bonds is 2. The second-order valence-electron chi connectivity index (χ2n) is 5.85. The molecule has 0 bridgehead atoms. The van der Waals surface area contributed by atoms with Crippen LogP contribution in [0.4, 0.5) is 0 Å². The van der Waals surface area contributed by atoms with Gasteiger partial charge >= 0.3 is 0 Å². The van der Waals surface area contributed by atoms with E-state index in [-0.39, 0.29) is 11.2 Å². The first-order chi connectivity index (χ1) is 10.5. The summed E-state index contributed by atoms with van der Waals surface area (Å²) in [4.78, 5) is 14.5. The van der Waals surface area contributed by atoms with E-state index in [1.165, 1.54) is 6.26 Å². The third-order valence-electron chi connectivity index (χ3n) is 4.35. The summed E-state index contributed by atoms with van der Waals surface area (Å²) >= 11 is 0. The Balaban J connectivity index is 1.83. The number of sulfone groups is 1. The van der Waals surface area contributed by atoms with Gasteiger partial charge in [-0.25, -0.2) is 8.42 Å². The summed E-state index contributed by atoms with van der Waals surface area (Å²) in [5.41, 5.74) is 0.691. The number of piperidine rings is 1. The van der Waals surface area contributed by atoms with Crippen molar-refractivity contribution in [1.82, 2.24) is 4.90 Å². The molecule has 1 saturated heterocycles. The predicted octanol–water partition coefficient (Wildman–Crippen LogP) is 2.49. The van der Waals surface area contributed by atoms with Crippen LogP contribution < -0.4 is 0 Å². The van der Waals surface area contributed by atoms with Gasteiger partial charge in [-0.1, -0.05) is 36.4 Å². The maximum Gasteiger partial charge on any atom is 0.254 e. The maximum atomic E-state index is 12.7. The molecule has 1 heterocycles. The minimum absolute atomic E-state index is 0.0104. The van der Waals surface area contributed by atoms with E-state index in [4.69, 9.17) is 0 Å². The molecule has 0 saturated carbocycles. The molecule has 2 aromatic carbocycles. The zero-order valence-electron chi connectivity index (χ0n) is 12.5. The summed E-state index contributed by atoms with van der Waals surface area (Å²) < 4.78 is 23.2.